The van der Waals surface area contributed by atoms with Crippen LogP contribution in [0, 0.1) is 6.92 Å². The van der Waals surface area contributed by atoms with Crippen LogP contribution in [0.2, 0.25) is 0 Å². The molecule has 2 fully saturated rings. The fraction of sp³-hybridized carbons (Fsp3) is 0.438. The summed E-state index contributed by atoms with van der Waals surface area (Å²) in [6.07, 6.45) is 0.110. The minimum absolute atomic E-state index is 0.0207. The zero-order chi connectivity index (χ0) is 18.3. The Morgan fingerprint density at radius 2 is 2.00 bits per heavy atom. The first-order valence-electron chi connectivity index (χ1n) is 7.84. The summed E-state index contributed by atoms with van der Waals surface area (Å²) in [7, 11) is 1.46. The Labute approximate surface area is 144 Å². The maximum Gasteiger partial charge on any atom is 0.409 e. The molecule has 2 atom stereocenters. The van der Waals surface area contributed by atoms with Gasteiger partial charge in [0.15, 0.2) is 0 Å². The van der Waals surface area contributed by atoms with Crippen molar-refractivity contribution in [2.45, 2.75) is 19.0 Å². The van der Waals surface area contributed by atoms with Crippen LogP contribution >= 0.6 is 0 Å². The summed E-state index contributed by atoms with van der Waals surface area (Å²) in [6, 6.07) is 0.730. The summed E-state index contributed by atoms with van der Waals surface area (Å²) in [5.41, 5.74) is 12.4. The summed E-state index contributed by atoms with van der Waals surface area (Å²) >= 11 is 0. The number of carbonyl (C=O) groups excluding carboxylic acids is 1. The molecule has 0 unspecified atom stereocenters. The third kappa shape index (κ3) is 3.03. The Morgan fingerprint density at radius 1 is 1.36 bits per heavy atom. The van der Waals surface area contributed by atoms with Crippen LogP contribution in [0.1, 0.15) is 11.1 Å². The van der Waals surface area contributed by atoms with Gasteiger partial charge >= 0.3 is 6.09 Å². The number of nitrogen functional groups attached to an aromatic ring is 1. The van der Waals surface area contributed by atoms with Crippen molar-refractivity contribution in [1.82, 2.24) is 5.32 Å². The minimum atomic E-state index is -0.995. The molecule has 0 radical (unpaired) electrons. The largest absolute Gasteiger partial charge is 0.505 e. The number of primary amides is 1. The van der Waals surface area contributed by atoms with Gasteiger partial charge in [0.1, 0.15) is 17.8 Å². The molecule has 0 aliphatic carbocycles. The zero-order valence-corrected chi connectivity index (χ0v) is 14.1. The average Bonchev–Trinajstić information content (AvgIpc) is 3.18. The number of aromatic hydroxyl groups is 2. The molecule has 0 bridgehead atoms. The van der Waals surface area contributed by atoms with Gasteiger partial charge in [-0.1, -0.05) is 0 Å². The first-order valence-corrected chi connectivity index (χ1v) is 7.84. The Morgan fingerprint density at radius 3 is 2.56 bits per heavy atom. The van der Waals surface area contributed by atoms with Crippen LogP contribution in [0.5, 0.6) is 11.5 Å². The van der Waals surface area contributed by atoms with Crippen LogP contribution in [0.4, 0.5) is 16.2 Å². The van der Waals surface area contributed by atoms with Gasteiger partial charge in [0.05, 0.1) is 23.5 Å². The highest BCUT2D eigenvalue weighted by Crippen LogP contribution is 2.49. The lowest BCUT2D eigenvalue weighted by atomic mass is 9.97. The second kappa shape index (κ2) is 6.34. The van der Waals surface area contributed by atoms with Crippen LogP contribution in [-0.2, 0) is 9.47 Å². The second-order valence-electron chi connectivity index (χ2n) is 6.26. The van der Waals surface area contributed by atoms with E-state index in [1.807, 2.05) is 4.90 Å². The molecule has 136 valence electrons. The Kier molecular flexibility index (Phi) is 4.36. The third-order valence-corrected chi connectivity index (χ3v) is 4.61. The van der Waals surface area contributed by atoms with Crippen LogP contribution in [0.3, 0.4) is 0 Å². The molecular formula is C16H22N4O5. The van der Waals surface area contributed by atoms with Crippen molar-refractivity contribution in [3.63, 3.8) is 0 Å². The normalized spacial score (nSPS) is 22.0. The number of methoxy groups -OCH3 is 1. The van der Waals surface area contributed by atoms with E-state index in [0.29, 0.717) is 42.0 Å². The topological polar surface area (TPSA) is 153 Å². The van der Waals surface area contributed by atoms with Crippen molar-refractivity contribution in [1.29, 1.82) is 0 Å². The molecule has 3 rings (SSSR count). The molecule has 0 aromatic heterocycles. The summed E-state index contributed by atoms with van der Waals surface area (Å²) in [5, 5.41) is 24.6. The summed E-state index contributed by atoms with van der Waals surface area (Å²) < 4.78 is 9.89. The van der Waals surface area contributed by atoms with Gasteiger partial charge < -0.3 is 41.4 Å². The standard InChI is InChI=1S/C16H22N4O5/c1-7-12(17)15(22)11(8(5-24-2)6-25-16(18)23)13(14(7)21)20-3-9-10(4-20)19-9/h6,9-10,19,21-22H,3-5,17H2,1-2H3,(H2,18,23)/t9-,10+. The highest BCUT2D eigenvalue weighted by atomic mass is 16.5. The number of anilines is 2. The van der Waals surface area contributed by atoms with Gasteiger partial charge in [-0.05, 0) is 6.92 Å². The van der Waals surface area contributed by atoms with E-state index in [1.165, 1.54) is 7.11 Å². The maximum atomic E-state index is 11.0. The molecule has 9 nitrogen and oxygen atoms in total. The number of hydrogen-bond donors (Lipinski definition) is 5. The number of nitrogens with two attached hydrogens (primary N) is 2. The van der Waals surface area contributed by atoms with Crippen LogP contribution < -0.4 is 21.7 Å². The quantitative estimate of drug-likeness (QED) is 0.166. The average molecular weight is 350 g/mol. The predicted molar refractivity (Wildman–Crippen MR) is 92.4 cm³/mol. The number of fused-ring (bicyclic) bond motifs is 1. The number of hydrogen-bond acceptors (Lipinski definition) is 8. The van der Waals surface area contributed by atoms with E-state index >= 15 is 0 Å². The number of phenols is 2. The zero-order valence-electron chi connectivity index (χ0n) is 14.1. The molecule has 2 heterocycles. The van der Waals surface area contributed by atoms with E-state index in [-0.39, 0.29) is 29.4 Å². The van der Waals surface area contributed by atoms with Gasteiger partial charge in [-0.3, -0.25) is 0 Å². The number of nitrogens with one attached hydrogen (secondary N) is 1. The second-order valence-corrected chi connectivity index (χ2v) is 6.26. The number of nitrogens with zero attached hydrogens (tertiary/aromatic N) is 1. The molecular weight excluding hydrogens is 328 g/mol. The molecule has 2 saturated heterocycles. The number of phenolic OH excluding ortho intramolecular Hbond substituents is 2. The first-order chi connectivity index (χ1) is 11.8. The van der Waals surface area contributed by atoms with E-state index < -0.39 is 6.09 Å². The molecule has 0 saturated carbocycles. The van der Waals surface area contributed by atoms with Gasteiger partial charge in [-0.15, -0.1) is 0 Å². The summed E-state index contributed by atoms with van der Waals surface area (Å²) in [4.78, 5) is 12.9. The van der Waals surface area contributed by atoms with Gasteiger partial charge in [-0.2, -0.15) is 0 Å². The van der Waals surface area contributed by atoms with Crippen molar-refractivity contribution in [2.24, 2.45) is 5.73 Å². The van der Waals surface area contributed by atoms with Crippen molar-refractivity contribution in [3.05, 3.63) is 17.4 Å². The number of amides is 1. The number of carbonyl (C=O) groups is 1. The summed E-state index contributed by atoms with van der Waals surface area (Å²) in [5.74, 6) is -0.220. The SMILES string of the molecule is COCC(=COC(N)=O)c1c(O)c(N)c(C)c(O)c1N1C[C@@H]2N[C@@H]2C1. The highest BCUT2D eigenvalue weighted by Gasteiger charge is 2.46. The molecule has 1 amide bonds. The minimum Gasteiger partial charge on any atom is -0.505 e. The van der Waals surface area contributed by atoms with Gasteiger partial charge in [0.25, 0.3) is 0 Å². The van der Waals surface area contributed by atoms with Crippen LogP contribution in [0.25, 0.3) is 5.57 Å². The molecule has 9 heteroatoms. The summed E-state index contributed by atoms with van der Waals surface area (Å²) in [6.45, 7) is 3.02. The van der Waals surface area contributed by atoms with Gasteiger partial charge in [0, 0.05) is 43.4 Å². The lowest BCUT2D eigenvalue weighted by molar-refractivity contribution is 0.195. The van der Waals surface area contributed by atoms with Crippen LogP contribution in [0.15, 0.2) is 6.26 Å². The first kappa shape index (κ1) is 17.2. The fourth-order valence-electron chi connectivity index (χ4n) is 3.22. The fourth-order valence-corrected chi connectivity index (χ4v) is 3.22. The maximum absolute atomic E-state index is 11.0. The van der Waals surface area contributed by atoms with Crippen molar-refractivity contribution in [2.75, 3.05) is 37.4 Å². The predicted octanol–water partition coefficient (Wildman–Crippen LogP) is 0.231. The van der Waals surface area contributed by atoms with E-state index in [9.17, 15) is 15.0 Å². The smallest absolute Gasteiger partial charge is 0.409 e. The molecule has 2 aliphatic heterocycles. The molecule has 0 spiro atoms. The number of benzene rings is 1. The molecule has 1 aromatic carbocycles. The number of piperazine rings is 1. The van der Waals surface area contributed by atoms with Crippen molar-refractivity contribution >= 4 is 23.0 Å². The molecule has 1 aromatic rings. The van der Waals surface area contributed by atoms with Crippen molar-refractivity contribution in [3.8, 4) is 11.5 Å². The van der Waals surface area contributed by atoms with Gasteiger partial charge in [-0.25, -0.2) is 4.79 Å². The Bertz CT molecular complexity index is 739. The third-order valence-electron chi connectivity index (χ3n) is 4.61. The van der Waals surface area contributed by atoms with Crippen molar-refractivity contribution < 1.29 is 24.5 Å². The number of ether oxygens (including phenoxy) is 2. The van der Waals surface area contributed by atoms with Crippen LogP contribution in [-0.4, -0.2) is 55.2 Å². The van der Waals surface area contributed by atoms with E-state index in [0.717, 1.165) is 6.26 Å². The van der Waals surface area contributed by atoms with E-state index in [4.69, 9.17) is 20.9 Å². The van der Waals surface area contributed by atoms with E-state index in [2.05, 4.69) is 5.32 Å². The Balaban J connectivity index is 2.14. The monoisotopic (exact) mass is 350 g/mol. The van der Waals surface area contributed by atoms with Gasteiger partial charge in [0.2, 0.25) is 0 Å². The lowest BCUT2D eigenvalue weighted by Gasteiger charge is -2.27. The molecule has 2 aliphatic rings. The lowest BCUT2D eigenvalue weighted by Crippen LogP contribution is -2.28. The molecule has 25 heavy (non-hydrogen) atoms. The highest BCUT2D eigenvalue weighted by molar-refractivity contribution is 5.91. The number of rotatable bonds is 5. The molecule has 7 N–H and O–H groups in total. The van der Waals surface area contributed by atoms with E-state index in [1.54, 1.807) is 6.92 Å². The Hall–Kier alpha value is -2.65.